The predicted molar refractivity (Wildman–Crippen MR) is 267 cm³/mol. The zero-order chi connectivity index (χ0) is 43.4. The number of aliphatic imine (C=N–C) groups is 1. The van der Waals surface area contributed by atoms with Crippen LogP contribution in [0.1, 0.15) is 41.7 Å². The third kappa shape index (κ3) is 8.01. The first kappa shape index (κ1) is 39.9. The summed E-state index contributed by atoms with van der Waals surface area (Å²) in [6.45, 7) is 6.45. The summed E-state index contributed by atoms with van der Waals surface area (Å²) >= 11 is 0. The summed E-state index contributed by atoms with van der Waals surface area (Å²) in [6.07, 6.45) is 1.83. The lowest BCUT2D eigenvalue weighted by Gasteiger charge is -2.14. The minimum absolute atomic E-state index is 0.836. The minimum atomic E-state index is 0.836. The number of imidazole rings is 1. The average Bonchev–Trinajstić information content (AvgIpc) is 3.75. The van der Waals surface area contributed by atoms with Crippen LogP contribution in [0.15, 0.2) is 230 Å². The predicted octanol–water partition coefficient (Wildman–Crippen LogP) is 13.3. The number of rotatable bonds is 9. The summed E-state index contributed by atoms with van der Waals surface area (Å²) in [5, 5.41) is 2.35. The molecule has 2 aromatic heterocycles. The molecule has 10 aromatic rings. The molecule has 0 spiro atoms. The summed E-state index contributed by atoms with van der Waals surface area (Å²) in [4.78, 5) is 15.1. The van der Waals surface area contributed by atoms with E-state index < -0.39 is 0 Å². The molecule has 0 aliphatic heterocycles. The molecular weight excluding hydrogens is 777 g/mol. The van der Waals surface area contributed by atoms with E-state index in [-0.39, 0.29) is 0 Å². The maximum atomic E-state index is 5.20. The van der Waals surface area contributed by atoms with Crippen molar-refractivity contribution in [2.75, 3.05) is 0 Å². The van der Waals surface area contributed by atoms with E-state index in [2.05, 4.69) is 201 Å². The van der Waals surface area contributed by atoms with Crippen molar-refractivity contribution < 1.29 is 0 Å². The summed E-state index contributed by atoms with van der Waals surface area (Å²) in [5.74, 6) is 1.70. The number of hydrogen-bond donors (Lipinski definition) is 0. The van der Waals surface area contributed by atoms with E-state index in [1.165, 1.54) is 27.1 Å². The van der Waals surface area contributed by atoms with Gasteiger partial charge in [-0.05, 0) is 129 Å². The van der Waals surface area contributed by atoms with Crippen molar-refractivity contribution in [3.8, 4) is 39.5 Å². The van der Waals surface area contributed by atoms with Gasteiger partial charge in [-0.25, -0.2) is 9.97 Å². The highest BCUT2D eigenvalue weighted by Gasteiger charge is 2.17. The number of aromatic nitrogens is 3. The van der Waals surface area contributed by atoms with E-state index in [4.69, 9.17) is 15.0 Å². The van der Waals surface area contributed by atoms with Gasteiger partial charge in [0.15, 0.2) is 0 Å². The van der Waals surface area contributed by atoms with Crippen LogP contribution in [0.3, 0.4) is 0 Å². The van der Waals surface area contributed by atoms with Crippen molar-refractivity contribution in [1.82, 2.24) is 14.5 Å². The molecule has 0 saturated heterocycles. The lowest BCUT2D eigenvalue weighted by Crippen LogP contribution is -2.30. The average molecular weight is 823 g/mol. The van der Waals surface area contributed by atoms with Gasteiger partial charge in [0.2, 0.25) is 0 Å². The molecule has 0 fully saturated rings. The Kier molecular flexibility index (Phi) is 11.0. The van der Waals surface area contributed by atoms with E-state index >= 15 is 0 Å². The van der Waals surface area contributed by atoms with Gasteiger partial charge < -0.3 is 0 Å². The van der Waals surface area contributed by atoms with Crippen LogP contribution in [0.25, 0.3) is 61.6 Å². The third-order valence-corrected chi connectivity index (χ3v) is 12.1. The molecule has 0 aliphatic carbocycles. The lowest BCUT2D eigenvalue weighted by atomic mass is 9.90. The first-order valence-corrected chi connectivity index (χ1v) is 21.8. The highest BCUT2D eigenvalue weighted by atomic mass is 15.1. The Morgan fingerprint density at radius 2 is 1.02 bits per heavy atom. The van der Waals surface area contributed by atoms with Crippen molar-refractivity contribution in [3.05, 3.63) is 263 Å². The van der Waals surface area contributed by atoms with Gasteiger partial charge in [0.1, 0.15) is 11.6 Å². The highest BCUT2D eigenvalue weighted by Crippen LogP contribution is 2.33. The highest BCUT2D eigenvalue weighted by molar-refractivity contribution is 6.00. The quantitative estimate of drug-likeness (QED) is 0.136. The Hall–Kier alpha value is -8.21. The second kappa shape index (κ2) is 17.6. The van der Waals surface area contributed by atoms with Gasteiger partial charge in [-0.1, -0.05) is 182 Å². The first-order chi connectivity index (χ1) is 31.5. The number of benzene rings is 8. The van der Waals surface area contributed by atoms with Gasteiger partial charge in [0, 0.05) is 17.5 Å². The Bertz CT molecular complexity index is 3410. The molecule has 0 N–H and O–H groups in total. The van der Waals surface area contributed by atoms with Gasteiger partial charge in [-0.2, -0.15) is 0 Å². The zero-order valence-electron chi connectivity index (χ0n) is 36.2. The van der Waals surface area contributed by atoms with Crippen LogP contribution in [0.4, 0.5) is 5.69 Å². The number of hydrogen-bond acceptors (Lipinski definition) is 3. The molecule has 0 unspecified atom stereocenters. The molecule has 0 atom stereocenters. The molecule has 10 rings (SSSR count). The van der Waals surface area contributed by atoms with Gasteiger partial charge in [-0.15, -0.1) is 0 Å². The van der Waals surface area contributed by atoms with E-state index in [0.29, 0.717) is 0 Å². The Morgan fingerprint density at radius 1 is 0.453 bits per heavy atom. The molecule has 0 aliphatic rings. The van der Waals surface area contributed by atoms with Crippen LogP contribution in [0.2, 0.25) is 0 Å². The number of pyridine rings is 1. The largest absolute Gasteiger partial charge is 0.276 e. The van der Waals surface area contributed by atoms with Gasteiger partial charge in [0.05, 0.1) is 16.7 Å². The van der Waals surface area contributed by atoms with Crippen LogP contribution in [0, 0.1) is 6.92 Å². The zero-order valence-corrected chi connectivity index (χ0v) is 36.2. The second-order valence-corrected chi connectivity index (χ2v) is 16.2. The number of fused-ring (bicyclic) bond motifs is 1. The molecule has 0 radical (unpaired) electrons. The molecule has 0 bridgehead atoms. The number of aryl methyl sites for hydroxylation is 1. The summed E-state index contributed by atoms with van der Waals surface area (Å²) in [5.41, 5.74) is 17.5. The van der Waals surface area contributed by atoms with Crippen LogP contribution in [-0.2, 0) is 0 Å². The van der Waals surface area contributed by atoms with E-state index in [9.17, 15) is 0 Å². The fraction of sp³-hybridized carbons (Fsp3) is 0.0500. The summed E-state index contributed by atoms with van der Waals surface area (Å²) in [7, 11) is 0. The maximum Gasteiger partial charge on any atom is 0.146 e. The van der Waals surface area contributed by atoms with Crippen molar-refractivity contribution in [2.45, 2.75) is 20.8 Å². The molecule has 0 saturated carbocycles. The smallest absolute Gasteiger partial charge is 0.146 e. The van der Waals surface area contributed by atoms with Gasteiger partial charge in [-0.3, -0.25) is 9.56 Å². The molecule has 8 aromatic carbocycles. The molecule has 306 valence electrons. The van der Waals surface area contributed by atoms with Crippen molar-refractivity contribution in [3.63, 3.8) is 0 Å². The Morgan fingerprint density at radius 3 is 1.70 bits per heavy atom. The first-order valence-electron chi connectivity index (χ1n) is 21.8. The molecule has 2 heterocycles. The van der Waals surface area contributed by atoms with Crippen molar-refractivity contribution in [2.24, 2.45) is 4.99 Å². The maximum absolute atomic E-state index is 5.20. The minimum Gasteiger partial charge on any atom is -0.276 e. The fourth-order valence-electron chi connectivity index (χ4n) is 8.61. The standard InChI is InChI=1S/C60H46N4/c1-41-27-28-52(39-55(41)62-43(3)45-20-10-5-11-21-45)50-33-35-53(42(2)44-18-8-4-9-19-44)54(38-50)59(47-22-12-6-13-23-47)48-31-29-46(30-32-48)51-34-36-57-56(40-51)63-60(49-24-14-7-15-25-49)64(57)58-26-16-17-37-61-58/h4-40H,1-3H3/b53-42+,59-54-,62-43?. The van der Waals surface area contributed by atoms with Gasteiger partial charge >= 0.3 is 0 Å². The Labute approximate surface area is 374 Å². The van der Waals surface area contributed by atoms with E-state index in [1.54, 1.807) is 0 Å². The number of nitrogens with zero attached hydrogens (tertiary/aromatic N) is 4. The fourth-order valence-corrected chi connectivity index (χ4v) is 8.61. The third-order valence-electron chi connectivity index (χ3n) is 12.1. The molecular formula is C60H46N4. The van der Waals surface area contributed by atoms with Crippen molar-refractivity contribution >= 4 is 33.6 Å². The van der Waals surface area contributed by atoms with Crippen molar-refractivity contribution in [1.29, 1.82) is 0 Å². The molecule has 4 heteroatoms. The van der Waals surface area contributed by atoms with E-state index in [0.717, 1.165) is 84.1 Å². The SMILES string of the molecule is CC(=Nc1cc(-c2ccc(=C(/C)c3ccccc3)/c(=C(/c3ccccc3)c3ccc(-c4ccc5c(c4)nc(-c4ccccc4)n5-c4ccccn4)cc3)c2)ccc1C)c1ccccc1. The van der Waals surface area contributed by atoms with Gasteiger partial charge in [0.25, 0.3) is 0 Å². The summed E-state index contributed by atoms with van der Waals surface area (Å²) < 4.78 is 2.15. The monoisotopic (exact) mass is 822 g/mol. The second-order valence-electron chi connectivity index (χ2n) is 16.2. The topological polar surface area (TPSA) is 43.1 Å². The summed E-state index contributed by atoms with van der Waals surface area (Å²) in [6, 6.07) is 77.3. The van der Waals surface area contributed by atoms with Crippen LogP contribution in [-0.4, -0.2) is 20.2 Å². The molecule has 64 heavy (non-hydrogen) atoms. The van der Waals surface area contributed by atoms with Crippen LogP contribution < -0.4 is 10.4 Å². The molecule has 0 amide bonds. The lowest BCUT2D eigenvalue weighted by molar-refractivity contribution is 1.03. The van der Waals surface area contributed by atoms with Crippen LogP contribution in [0.5, 0.6) is 0 Å². The molecule has 4 nitrogen and oxygen atoms in total. The van der Waals surface area contributed by atoms with Crippen LogP contribution >= 0.6 is 0 Å². The Balaban J connectivity index is 1.13. The normalized spacial score (nSPS) is 12.6. The van der Waals surface area contributed by atoms with E-state index in [1.807, 2.05) is 48.7 Å².